The third kappa shape index (κ3) is 4.91. The number of nitrogens with zero attached hydrogens (tertiary/aromatic N) is 2. The Balaban J connectivity index is 1.18. The number of benzene rings is 9. The lowest BCUT2D eigenvalue weighted by molar-refractivity contribution is 0.669. The molecule has 0 aliphatic carbocycles. The van der Waals surface area contributed by atoms with Crippen molar-refractivity contribution in [2.45, 2.75) is 0 Å². The van der Waals surface area contributed by atoms with Crippen LogP contribution in [0.2, 0.25) is 0 Å². The zero-order chi connectivity index (χ0) is 34.9. The molecule has 11 aromatic rings. The maximum Gasteiger partial charge on any atom is 0.137 e. The van der Waals surface area contributed by atoms with E-state index >= 15 is 0 Å². The molecular formula is C49H30N2OS. The summed E-state index contributed by atoms with van der Waals surface area (Å²) in [6.45, 7) is 0. The normalized spacial score (nSPS) is 11.8. The first-order valence-corrected chi connectivity index (χ1v) is 18.7. The Morgan fingerprint density at radius 1 is 0.434 bits per heavy atom. The molecule has 0 aliphatic heterocycles. The van der Waals surface area contributed by atoms with Crippen molar-refractivity contribution in [2.24, 2.45) is 0 Å². The van der Waals surface area contributed by atoms with E-state index in [1.807, 2.05) is 6.07 Å². The molecule has 0 saturated carbocycles. The van der Waals surface area contributed by atoms with Gasteiger partial charge >= 0.3 is 0 Å². The lowest BCUT2D eigenvalue weighted by Gasteiger charge is -2.28. The Labute approximate surface area is 309 Å². The van der Waals surface area contributed by atoms with Crippen LogP contribution in [0.4, 0.5) is 17.1 Å². The molecule has 0 N–H and O–H groups in total. The average Bonchev–Trinajstić information content (AvgIpc) is 3.83. The van der Waals surface area contributed by atoms with Gasteiger partial charge in [-0.05, 0) is 92.7 Å². The number of anilines is 3. The fraction of sp³-hybridized carbons (Fsp3) is 0. The van der Waals surface area contributed by atoms with E-state index in [0.29, 0.717) is 0 Å². The second kappa shape index (κ2) is 11.9. The van der Waals surface area contributed by atoms with Crippen LogP contribution in [0.15, 0.2) is 186 Å². The second-order valence-electron chi connectivity index (χ2n) is 13.6. The van der Waals surface area contributed by atoms with E-state index < -0.39 is 0 Å². The Bertz CT molecular complexity index is 3180. The minimum atomic E-state index is 0.860. The van der Waals surface area contributed by atoms with Crippen LogP contribution in [0.1, 0.15) is 0 Å². The molecule has 0 spiro atoms. The van der Waals surface area contributed by atoms with Crippen molar-refractivity contribution in [3.8, 4) is 21.7 Å². The summed E-state index contributed by atoms with van der Waals surface area (Å²) >= 11 is 1.73. The molecule has 3 nitrogen and oxygen atoms in total. The monoisotopic (exact) mass is 694 g/mol. The lowest BCUT2D eigenvalue weighted by Crippen LogP contribution is -2.10. The summed E-state index contributed by atoms with van der Waals surface area (Å²) in [5, 5.41) is 10.5. The van der Waals surface area contributed by atoms with E-state index in [1.165, 1.54) is 43.4 Å². The highest BCUT2D eigenvalue weighted by Crippen LogP contribution is 2.46. The maximum absolute atomic E-state index is 6.53. The summed E-state index contributed by atoms with van der Waals surface area (Å²) in [4.78, 5) is 7.48. The number of furan rings is 1. The van der Waals surface area contributed by atoms with Crippen LogP contribution < -0.4 is 4.90 Å². The van der Waals surface area contributed by atoms with Crippen molar-refractivity contribution in [1.82, 2.24) is 4.98 Å². The van der Waals surface area contributed by atoms with Crippen molar-refractivity contribution in [2.75, 3.05) is 4.90 Å². The Morgan fingerprint density at radius 3 is 1.92 bits per heavy atom. The SMILES string of the molecule is c1ccc(-c2cc(N(c3ccc4c(ccc5ccccc54)c3)c3ccc4oc5ccc6nc(-c7ccccc7)sc6c5c4c3)c3ccccc3c2)cc1. The highest BCUT2D eigenvalue weighted by molar-refractivity contribution is 7.22. The van der Waals surface area contributed by atoms with Gasteiger partial charge in [0.1, 0.15) is 16.2 Å². The van der Waals surface area contributed by atoms with Gasteiger partial charge in [0, 0.05) is 33.1 Å². The number of hydrogen-bond donors (Lipinski definition) is 0. The van der Waals surface area contributed by atoms with Gasteiger partial charge in [0.15, 0.2) is 0 Å². The van der Waals surface area contributed by atoms with Gasteiger partial charge in [-0.2, -0.15) is 0 Å². The van der Waals surface area contributed by atoms with Crippen LogP contribution in [0.3, 0.4) is 0 Å². The summed E-state index contributed by atoms with van der Waals surface area (Å²) in [7, 11) is 0. The molecule has 248 valence electrons. The molecule has 0 aliphatic rings. The summed E-state index contributed by atoms with van der Waals surface area (Å²) in [5.41, 5.74) is 9.44. The van der Waals surface area contributed by atoms with E-state index in [1.54, 1.807) is 11.3 Å². The quantitative estimate of drug-likeness (QED) is 0.168. The highest BCUT2D eigenvalue weighted by atomic mass is 32.1. The van der Waals surface area contributed by atoms with E-state index in [-0.39, 0.29) is 0 Å². The molecule has 0 bridgehead atoms. The summed E-state index contributed by atoms with van der Waals surface area (Å²) in [6, 6.07) is 65.2. The van der Waals surface area contributed by atoms with Crippen molar-refractivity contribution in [3.05, 3.63) is 182 Å². The summed E-state index contributed by atoms with van der Waals surface area (Å²) < 4.78 is 7.66. The van der Waals surface area contributed by atoms with E-state index in [0.717, 1.165) is 59.8 Å². The Hall–Kier alpha value is -6.75. The number of thiazole rings is 1. The van der Waals surface area contributed by atoms with Crippen molar-refractivity contribution >= 4 is 92.9 Å². The molecule has 0 saturated heterocycles. The molecule has 0 fully saturated rings. The number of aromatic nitrogens is 1. The van der Waals surface area contributed by atoms with Gasteiger partial charge in [0.2, 0.25) is 0 Å². The highest BCUT2D eigenvalue weighted by Gasteiger charge is 2.21. The van der Waals surface area contributed by atoms with Crippen LogP contribution >= 0.6 is 11.3 Å². The predicted molar refractivity (Wildman–Crippen MR) is 225 cm³/mol. The molecule has 2 aromatic heterocycles. The molecule has 11 rings (SSSR count). The molecule has 4 heteroatoms. The lowest BCUT2D eigenvalue weighted by atomic mass is 9.97. The maximum atomic E-state index is 6.53. The first-order valence-electron chi connectivity index (χ1n) is 17.9. The fourth-order valence-corrected chi connectivity index (χ4v) is 9.04. The molecule has 0 unspecified atom stereocenters. The van der Waals surface area contributed by atoms with E-state index in [4.69, 9.17) is 9.40 Å². The van der Waals surface area contributed by atoms with Gasteiger partial charge in [-0.3, -0.25) is 0 Å². The van der Waals surface area contributed by atoms with Crippen molar-refractivity contribution < 1.29 is 4.42 Å². The molecule has 0 radical (unpaired) electrons. The minimum Gasteiger partial charge on any atom is -0.456 e. The average molecular weight is 695 g/mol. The van der Waals surface area contributed by atoms with Gasteiger partial charge in [0.05, 0.1) is 15.9 Å². The topological polar surface area (TPSA) is 29.3 Å². The Morgan fingerprint density at radius 2 is 1.08 bits per heavy atom. The third-order valence-electron chi connectivity index (χ3n) is 10.4. The van der Waals surface area contributed by atoms with Gasteiger partial charge in [-0.15, -0.1) is 11.3 Å². The van der Waals surface area contributed by atoms with Gasteiger partial charge in [-0.25, -0.2) is 4.98 Å². The summed E-state index contributed by atoms with van der Waals surface area (Å²) in [6.07, 6.45) is 0. The van der Waals surface area contributed by atoms with Gasteiger partial charge in [-0.1, -0.05) is 127 Å². The van der Waals surface area contributed by atoms with Crippen LogP contribution in [0, 0.1) is 0 Å². The summed E-state index contributed by atoms with van der Waals surface area (Å²) in [5.74, 6) is 0. The minimum absolute atomic E-state index is 0.860. The van der Waals surface area contributed by atoms with Gasteiger partial charge in [0.25, 0.3) is 0 Å². The van der Waals surface area contributed by atoms with Gasteiger partial charge < -0.3 is 9.32 Å². The first-order chi connectivity index (χ1) is 26.2. The second-order valence-corrected chi connectivity index (χ2v) is 14.6. The molecule has 0 amide bonds. The van der Waals surface area contributed by atoms with Crippen LogP contribution in [0.5, 0.6) is 0 Å². The smallest absolute Gasteiger partial charge is 0.137 e. The van der Waals surface area contributed by atoms with Crippen LogP contribution in [0.25, 0.3) is 86.2 Å². The molecule has 53 heavy (non-hydrogen) atoms. The van der Waals surface area contributed by atoms with Crippen LogP contribution in [-0.2, 0) is 0 Å². The van der Waals surface area contributed by atoms with E-state index in [9.17, 15) is 0 Å². The zero-order valence-electron chi connectivity index (χ0n) is 28.5. The molecular weight excluding hydrogens is 665 g/mol. The Kier molecular flexibility index (Phi) is 6.73. The van der Waals surface area contributed by atoms with Crippen molar-refractivity contribution in [3.63, 3.8) is 0 Å². The predicted octanol–water partition coefficient (Wildman–Crippen LogP) is 14.5. The third-order valence-corrected chi connectivity index (χ3v) is 11.6. The molecule has 2 heterocycles. The number of hydrogen-bond acceptors (Lipinski definition) is 4. The number of fused-ring (bicyclic) bond motifs is 9. The fourth-order valence-electron chi connectivity index (χ4n) is 7.92. The zero-order valence-corrected chi connectivity index (χ0v) is 29.3. The number of rotatable bonds is 5. The standard InChI is InChI=1S/C49H30N2OS/c1-3-11-31(12-4-1)36-27-34-16-8-10-18-41(34)44(29-36)51(37-21-23-40-35(28-37)20-19-32-13-7-9-17-39(32)40)38-22-25-45-42(30-38)47-46(52-45)26-24-43-48(47)53-49(50-43)33-14-5-2-6-15-33/h1-30H. The molecule has 0 atom stereocenters. The van der Waals surface area contributed by atoms with Crippen molar-refractivity contribution in [1.29, 1.82) is 0 Å². The van der Waals surface area contributed by atoms with E-state index in [2.05, 4.69) is 181 Å². The largest absolute Gasteiger partial charge is 0.456 e. The molecule has 9 aromatic carbocycles. The first kappa shape index (κ1) is 29.9. The van der Waals surface area contributed by atoms with Crippen LogP contribution in [-0.4, -0.2) is 4.98 Å².